The summed E-state index contributed by atoms with van der Waals surface area (Å²) in [5.74, 6) is 0.512. The summed E-state index contributed by atoms with van der Waals surface area (Å²) >= 11 is 0. The lowest BCUT2D eigenvalue weighted by Crippen LogP contribution is -2.14. The van der Waals surface area contributed by atoms with Gasteiger partial charge < -0.3 is 9.80 Å². The second-order valence-corrected chi connectivity index (χ2v) is 21.0. The monoisotopic (exact) mass is 966 g/mol. The normalized spacial score (nSPS) is 11.6. The Labute approximate surface area is 443 Å². The van der Waals surface area contributed by atoms with Crippen molar-refractivity contribution >= 4 is 66.4 Å². The van der Waals surface area contributed by atoms with E-state index in [1.807, 2.05) is 0 Å². The molecular weight excluding hydrogens is 905 g/mol. The number of nitrogens with zero attached hydrogens (tertiary/aromatic N) is 2. The summed E-state index contributed by atoms with van der Waals surface area (Å²) in [6.45, 7) is 16.2. The molecule has 0 bridgehead atoms. The third-order valence-electron chi connectivity index (χ3n) is 15.5. The maximum atomic E-state index is 2.56. The Kier molecular flexibility index (Phi) is 12.4. The first-order valence-corrected chi connectivity index (χ1v) is 26.6. The van der Waals surface area contributed by atoms with Crippen molar-refractivity contribution in [2.24, 2.45) is 0 Å². The van der Waals surface area contributed by atoms with Gasteiger partial charge in [-0.15, -0.1) is 0 Å². The van der Waals surface area contributed by atoms with E-state index < -0.39 is 0 Å². The molecule has 0 saturated heterocycles. The van der Waals surface area contributed by atoms with Crippen LogP contribution in [-0.2, 0) is 0 Å². The molecule has 0 radical (unpaired) electrons. The zero-order valence-corrected chi connectivity index (χ0v) is 44.1. The van der Waals surface area contributed by atoms with Crippen molar-refractivity contribution in [3.63, 3.8) is 0 Å². The lowest BCUT2D eigenvalue weighted by atomic mass is 9.83. The Morgan fingerprint density at radius 3 is 1.19 bits per heavy atom. The van der Waals surface area contributed by atoms with E-state index in [0.29, 0.717) is 0 Å². The zero-order valence-electron chi connectivity index (χ0n) is 44.1. The minimum Gasteiger partial charge on any atom is -0.310 e. The van der Waals surface area contributed by atoms with Gasteiger partial charge in [-0.25, -0.2) is 0 Å². The highest BCUT2D eigenvalue weighted by atomic mass is 15.2. The van der Waals surface area contributed by atoms with Crippen LogP contribution in [0.2, 0.25) is 0 Å². The minimum atomic E-state index is 0.252. The van der Waals surface area contributed by atoms with Crippen molar-refractivity contribution in [2.75, 3.05) is 9.80 Å². The van der Waals surface area contributed by atoms with E-state index in [9.17, 15) is 0 Å². The maximum absolute atomic E-state index is 2.56. The Morgan fingerprint density at radius 2 is 0.667 bits per heavy atom. The second kappa shape index (κ2) is 19.6. The molecule has 2 heteroatoms. The summed E-state index contributed by atoms with van der Waals surface area (Å²) in [6.07, 6.45) is 0. The SMILES string of the molecule is Cc1cc(-c2ccccc2)ccc1N(c1cccc(-c2ccccc2)c1)c1cc(C(C)C)c2ccc3c(N(c4ccc(-c5ccccc5)cc4C)c4cc(-c5ccccc5)ccc4C)ccc4c(C(C)C)cc1c2c43. The van der Waals surface area contributed by atoms with Crippen molar-refractivity contribution in [2.45, 2.75) is 60.3 Å². The van der Waals surface area contributed by atoms with E-state index in [0.717, 1.165) is 28.4 Å². The molecule has 0 aliphatic heterocycles. The summed E-state index contributed by atoms with van der Waals surface area (Å²) in [6, 6.07) is 87.9. The van der Waals surface area contributed by atoms with Gasteiger partial charge in [0.1, 0.15) is 0 Å². The van der Waals surface area contributed by atoms with Crippen molar-refractivity contribution in [1.82, 2.24) is 0 Å². The third kappa shape index (κ3) is 8.61. The molecule has 12 rings (SSSR count). The molecule has 0 heterocycles. The topological polar surface area (TPSA) is 6.48 Å². The van der Waals surface area contributed by atoms with Crippen LogP contribution in [0.1, 0.15) is 67.3 Å². The van der Waals surface area contributed by atoms with Crippen LogP contribution in [0.5, 0.6) is 0 Å². The first-order chi connectivity index (χ1) is 36.6. The highest BCUT2D eigenvalue weighted by Crippen LogP contribution is 2.52. The summed E-state index contributed by atoms with van der Waals surface area (Å²) in [5.41, 5.74) is 22.9. The lowest BCUT2D eigenvalue weighted by Gasteiger charge is -2.33. The number of anilines is 6. The van der Waals surface area contributed by atoms with Crippen LogP contribution in [0, 0.1) is 20.8 Å². The molecule has 0 fully saturated rings. The van der Waals surface area contributed by atoms with Gasteiger partial charge in [-0.2, -0.15) is 0 Å². The fraction of sp³-hybridized carbons (Fsp3) is 0.123. The molecule has 0 spiro atoms. The Balaban J connectivity index is 1.16. The van der Waals surface area contributed by atoms with E-state index in [-0.39, 0.29) is 11.8 Å². The molecule has 0 N–H and O–H groups in total. The van der Waals surface area contributed by atoms with E-state index in [2.05, 4.69) is 295 Å². The molecule has 0 aliphatic rings. The van der Waals surface area contributed by atoms with Crippen molar-refractivity contribution in [3.8, 4) is 44.5 Å². The van der Waals surface area contributed by atoms with Crippen molar-refractivity contribution in [3.05, 3.63) is 264 Å². The average molecular weight is 967 g/mol. The number of rotatable bonds is 12. The molecule has 0 atom stereocenters. The number of aryl methyl sites for hydroxylation is 3. The molecule has 0 amide bonds. The van der Waals surface area contributed by atoms with Crippen LogP contribution in [0.15, 0.2) is 237 Å². The van der Waals surface area contributed by atoms with Crippen molar-refractivity contribution < 1.29 is 0 Å². The third-order valence-corrected chi connectivity index (χ3v) is 15.5. The minimum absolute atomic E-state index is 0.252. The number of hydrogen-bond acceptors (Lipinski definition) is 2. The molecule has 364 valence electrons. The lowest BCUT2D eigenvalue weighted by molar-refractivity contribution is 0.874. The van der Waals surface area contributed by atoms with E-state index in [4.69, 9.17) is 0 Å². The largest absolute Gasteiger partial charge is 0.310 e. The van der Waals surface area contributed by atoms with Crippen LogP contribution >= 0.6 is 0 Å². The van der Waals surface area contributed by atoms with Gasteiger partial charge in [0.15, 0.2) is 0 Å². The average Bonchev–Trinajstić information content (AvgIpc) is 3.54. The van der Waals surface area contributed by atoms with Gasteiger partial charge in [-0.1, -0.05) is 204 Å². The molecule has 2 nitrogen and oxygen atoms in total. The van der Waals surface area contributed by atoms with E-state index in [1.165, 1.54) is 110 Å². The van der Waals surface area contributed by atoms with E-state index >= 15 is 0 Å². The molecule has 75 heavy (non-hydrogen) atoms. The first kappa shape index (κ1) is 47.3. The smallest absolute Gasteiger partial charge is 0.0543 e. The predicted molar refractivity (Wildman–Crippen MR) is 324 cm³/mol. The molecule has 0 aliphatic carbocycles. The quantitative estimate of drug-likeness (QED) is 0.113. The van der Waals surface area contributed by atoms with Crippen LogP contribution in [0.3, 0.4) is 0 Å². The Hall–Kier alpha value is -8.72. The van der Waals surface area contributed by atoms with Gasteiger partial charge in [0.25, 0.3) is 0 Å². The molecule has 0 aromatic heterocycles. The van der Waals surface area contributed by atoms with Gasteiger partial charge in [-0.3, -0.25) is 0 Å². The Bertz CT molecular complexity index is 4020. The molecule has 0 unspecified atom stereocenters. The molecule has 12 aromatic rings. The van der Waals surface area contributed by atoms with Crippen molar-refractivity contribution in [1.29, 1.82) is 0 Å². The standard InChI is InChI=1S/C73H62N2/c1-47(2)64-45-66-71(74(60-30-20-29-56(43-60)52-21-12-8-13-22-52)67-38-33-57(41-50(67)6)53-23-14-9-15-24-53)46-65(48(3)4)61-35-36-63-69(40-37-62(64)72(63)73(61)66)75(68-39-34-58(42-51(68)7)54-25-16-10-17-26-54)70-44-59(32-31-49(70)5)55-27-18-11-19-28-55/h8-48H,1-7H3. The molecule has 12 aromatic carbocycles. The zero-order chi connectivity index (χ0) is 51.3. The second-order valence-electron chi connectivity index (χ2n) is 21.0. The van der Waals surface area contributed by atoms with Crippen LogP contribution < -0.4 is 9.80 Å². The van der Waals surface area contributed by atoms with Gasteiger partial charge in [0.05, 0.1) is 11.4 Å². The van der Waals surface area contributed by atoms with E-state index in [1.54, 1.807) is 0 Å². The summed E-state index contributed by atoms with van der Waals surface area (Å²) in [7, 11) is 0. The highest BCUT2D eigenvalue weighted by Gasteiger charge is 2.28. The maximum Gasteiger partial charge on any atom is 0.0543 e. The van der Waals surface area contributed by atoms with Gasteiger partial charge in [-0.05, 0) is 187 Å². The first-order valence-electron chi connectivity index (χ1n) is 26.6. The van der Waals surface area contributed by atoms with Crippen LogP contribution in [0.4, 0.5) is 34.1 Å². The number of hydrogen-bond donors (Lipinski definition) is 0. The summed E-state index contributed by atoms with van der Waals surface area (Å²) in [5, 5.41) is 7.72. The summed E-state index contributed by atoms with van der Waals surface area (Å²) < 4.78 is 0. The number of benzene rings is 12. The predicted octanol–water partition coefficient (Wildman–Crippen LogP) is 21.4. The van der Waals surface area contributed by atoms with Gasteiger partial charge >= 0.3 is 0 Å². The van der Waals surface area contributed by atoms with Gasteiger partial charge in [0, 0.05) is 33.5 Å². The highest BCUT2D eigenvalue weighted by molar-refractivity contribution is 6.29. The fourth-order valence-corrected chi connectivity index (χ4v) is 11.7. The van der Waals surface area contributed by atoms with Crippen LogP contribution in [-0.4, -0.2) is 0 Å². The van der Waals surface area contributed by atoms with Crippen LogP contribution in [0.25, 0.3) is 76.8 Å². The molecular formula is C73H62N2. The fourth-order valence-electron chi connectivity index (χ4n) is 11.7. The Morgan fingerprint density at radius 1 is 0.253 bits per heavy atom. The summed E-state index contributed by atoms with van der Waals surface area (Å²) in [4.78, 5) is 5.11. The molecule has 0 saturated carbocycles. The van der Waals surface area contributed by atoms with Gasteiger partial charge in [0.2, 0.25) is 0 Å².